The van der Waals surface area contributed by atoms with Crippen molar-refractivity contribution in [1.29, 1.82) is 0 Å². The molecular weight excluding hydrogens is 226 g/mol. The maximum Gasteiger partial charge on any atom is 0.132 e. The van der Waals surface area contributed by atoms with Gasteiger partial charge in [-0.05, 0) is 32.4 Å². The summed E-state index contributed by atoms with van der Waals surface area (Å²) in [5.74, 6) is 1.04. The molecule has 0 bridgehead atoms. The summed E-state index contributed by atoms with van der Waals surface area (Å²) < 4.78 is 0. The van der Waals surface area contributed by atoms with Crippen LogP contribution in [0, 0.1) is 0 Å². The number of hydrogen-bond donors (Lipinski definition) is 2. The predicted octanol–water partition coefficient (Wildman–Crippen LogP) is 1.79. The van der Waals surface area contributed by atoms with Crippen molar-refractivity contribution in [3.05, 3.63) is 23.9 Å². The smallest absolute Gasteiger partial charge is 0.132 e. The van der Waals surface area contributed by atoms with Gasteiger partial charge in [-0.1, -0.05) is 13.0 Å². The molecule has 2 N–H and O–H groups in total. The molecule has 0 saturated heterocycles. The quantitative estimate of drug-likeness (QED) is 0.657. The molecule has 0 atom stereocenters. The van der Waals surface area contributed by atoms with Gasteiger partial charge >= 0.3 is 0 Å². The highest BCUT2D eigenvalue weighted by atomic mass is 16.3. The van der Waals surface area contributed by atoms with Crippen LogP contribution in [0.15, 0.2) is 18.3 Å². The number of aliphatic hydroxyl groups is 1. The van der Waals surface area contributed by atoms with Crippen LogP contribution in [-0.2, 0) is 6.54 Å². The van der Waals surface area contributed by atoms with Crippen molar-refractivity contribution in [1.82, 2.24) is 10.3 Å². The molecule has 0 aliphatic heterocycles. The average Bonchev–Trinajstić information content (AvgIpc) is 2.41. The van der Waals surface area contributed by atoms with Crippen LogP contribution in [0.3, 0.4) is 0 Å². The van der Waals surface area contributed by atoms with Gasteiger partial charge in [0.15, 0.2) is 0 Å². The lowest BCUT2D eigenvalue weighted by Crippen LogP contribution is -2.28. The van der Waals surface area contributed by atoms with Crippen molar-refractivity contribution < 1.29 is 5.11 Å². The summed E-state index contributed by atoms with van der Waals surface area (Å²) >= 11 is 0. The van der Waals surface area contributed by atoms with Crippen molar-refractivity contribution in [2.24, 2.45) is 0 Å². The Morgan fingerprint density at radius 2 is 2.22 bits per heavy atom. The number of nitrogens with zero attached hydrogens (tertiary/aromatic N) is 2. The van der Waals surface area contributed by atoms with Gasteiger partial charge in [-0.15, -0.1) is 0 Å². The van der Waals surface area contributed by atoms with Crippen LogP contribution < -0.4 is 10.2 Å². The van der Waals surface area contributed by atoms with E-state index in [1.165, 1.54) is 5.56 Å². The molecule has 0 aliphatic rings. The minimum absolute atomic E-state index is 0.229. The van der Waals surface area contributed by atoms with E-state index in [0.29, 0.717) is 0 Å². The van der Waals surface area contributed by atoms with Gasteiger partial charge in [-0.25, -0.2) is 4.98 Å². The number of hydrogen-bond acceptors (Lipinski definition) is 4. The van der Waals surface area contributed by atoms with E-state index in [4.69, 9.17) is 5.11 Å². The highest BCUT2D eigenvalue weighted by Gasteiger charge is 2.10. The first-order valence-corrected chi connectivity index (χ1v) is 6.83. The Morgan fingerprint density at radius 3 is 2.89 bits per heavy atom. The lowest BCUT2D eigenvalue weighted by molar-refractivity contribution is 0.289. The molecule has 0 unspecified atom stereocenters. The molecule has 18 heavy (non-hydrogen) atoms. The number of aromatic nitrogens is 1. The average molecular weight is 251 g/mol. The van der Waals surface area contributed by atoms with Gasteiger partial charge in [-0.2, -0.15) is 0 Å². The topological polar surface area (TPSA) is 48.4 Å². The molecule has 0 amide bonds. The van der Waals surface area contributed by atoms with E-state index in [2.05, 4.69) is 35.1 Å². The summed E-state index contributed by atoms with van der Waals surface area (Å²) in [4.78, 5) is 6.71. The second kappa shape index (κ2) is 8.89. The summed E-state index contributed by atoms with van der Waals surface area (Å²) in [7, 11) is 0. The van der Waals surface area contributed by atoms with E-state index >= 15 is 0 Å². The van der Waals surface area contributed by atoms with Crippen molar-refractivity contribution in [3.8, 4) is 0 Å². The highest BCUT2D eigenvalue weighted by Crippen LogP contribution is 2.17. The summed E-state index contributed by atoms with van der Waals surface area (Å²) in [5.41, 5.74) is 1.23. The third-order valence-electron chi connectivity index (χ3n) is 2.88. The molecule has 0 aliphatic carbocycles. The first-order chi connectivity index (χ1) is 8.83. The number of rotatable bonds is 9. The Labute approximate surface area is 110 Å². The summed E-state index contributed by atoms with van der Waals surface area (Å²) in [6.07, 6.45) is 3.75. The van der Waals surface area contributed by atoms with Gasteiger partial charge in [-0.3, -0.25) is 0 Å². The summed E-state index contributed by atoms with van der Waals surface area (Å²) in [6.45, 7) is 8.16. The standard InChI is InChI=1S/C14H25N3O/c1-3-8-15-12-13-7-5-9-16-14(13)17(4-2)10-6-11-18/h5,7,9,15,18H,3-4,6,8,10-12H2,1-2H3. The van der Waals surface area contributed by atoms with E-state index in [1.807, 2.05) is 12.3 Å². The summed E-state index contributed by atoms with van der Waals surface area (Å²) in [6, 6.07) is 4.10. The molecule has 1 rings (SSSR count). The monoisotopic (exact) mass is 251 g/mol. The zero-order valence-corrected chi connectivity index (χ0v) is 11.5. The maximum absolute atomic E-state index is 8.94. The van der Waals surface area contributed by atoms with Crippen LogP contribution in [0.1, 0.15) is 32.3 Å². The molecule has 0 saturated carbocycles. The van der Waals surface area contributed by atoms with Crippen molar-refractivity contribution >= 4 is 5.82 Å². The first kappa shape index (κ1) is 14.9. The fourth-order valence-electron chi connectivity index (χ4n) is 1.93. The number of pyridine rings is 1. The van der Waals surface area contributed by atoms with Gasteiger partial charge < -0.3 is 15.3 Å². The fraction of sp³-hybridized carbons (Fsp3) is 0.643. The lowest BCUT2D eigenvalue weighted by Gasteiger charge is -2.24. The van der Waals surface area contributed by atoms with E-state index < -0.39 is 0 Å². The zero-order valence-electron chi connectivity index (χ0n) is 11.5. The van der Waals surface area contributed by atoms with Gasteiger partial charge in [0.25, 0.3) is 0 Å². The van der Waals surface area contributed by atoms with Gasteiger partial charge in [0.05, 0.1) is 0 Å². The van der Waals surface area contributed by atoms with Gasteiger partial charge in [0.2, 0.25) is 0 Å². The second-order valence-corrected chi connectivity index (χ2v) is 4.32. The molecule has 0 spiro atoms. The molecule has 102 valence electrons. The van der Waals surface area contributed by atoms with Crippen LogP contribution in [0.5, 0.6) is 0 Å². The lowest BCUT2D eigenvalue weighted by atomic mass is 10.2. The molecule has 4 heteroatoms. The van der Waals surface area contributed by atoms with Crippen molar-refractivity contribution in [3.63, 3.8) is 0 Å². The number of anilines is 1. The molecule has 1 aromatic rings. The van der Waals surface area contributed by atoms with E-state index in [0.717, 1.165) is 44.8 Å². The van der Waals surface area contributed by atoms with Crippen LogP contribution >= 0.6 is 0 Å². The van der Waals surface area contributed by atoms with E-state index in [9.17, 15) is 0 Å². The largest absolute Gasteiger partial charge is 0.396 e. The second-order valence-electron chi connectivity index (χ2n) is 4.32. The fourth-order valence-corrected chi connectivity index (χ4v) is 1.93. The molecule has 4 nitrogen and oxygen atoms in total. The molecule has 1 heterocycles. The van der Waals surface area contributed by atoms with Crippen molar-refractivity contribution in [2.75, 3.05) is 31.1 Å². The predicted molar refractivity (Wildman–Crippen MR) is 75.8 cm³/mol. The van der Waals surface area contributed by atoms with E-state index in [-0.39, 0.29) is 6.61 Å². The number of aliphatic hydroxyl groups excluding tert-OH is 1. The molecule has 0 aromatic carbocycles. The number of nitrogens with one attached hydrogen (secondary N) is 1. The Morgan fingerprint density at radius 1 is 1.39 bits per heavy atom. The molecule has 0 radical (unpaired) electrons. The van der Waals surface area contributed by atoms with Crippen LogP contribution in [0.2, 0.25) is 0 Å². The third kappa shape index (κ3) is 4.63. The molecule has 0 fully saturated rings. The van der Waals surface area contributed by atoms with Crippen LogP contribution in [-0.4, -0.2) is 36.3 Å². The molecular formula is C14H25N3O. The Hall–Kier alpha value is -1.13. The van der Waals surface area contributed by atoms with Gasteiger partial charge in [0, 0.05) is 38.0 Å². The Kier molecular flexibility index (Phi) is 7.37. The van der Waals surface area contributed by atoms with Gasteiger partial charge in [0.1, 0.15) is 5.82 Å². The zero-order chi connectivity index (χ0) is 13.2. The highest BCUT2D eigenvalue weighted by molar-refractivity contribution is 5.46. The van der Waals surface area contributed by atoms with Crippen LogP contribution in [0.25, 0.3) is 0 Å². The Balaban J connectivity index is 2.71. The first-order valence-electron chi connectivity index (χ1n) is 6.83. The minimum Gasteiger partial charge on any atom is -0.396 e. The van der Waals surface area contributed by atoms with Crippen molar-refractivity contribution in [2.45, 2.75) is 33.2 Å². The minimum atomic E-state index is 0.229. The summed E-state index contributed by atoms with van der Waals surface area (Å²) in [5, 5.41) is 12.4. The van der Waals surface area contributed by atoms with E-state index in [1.54, 1.807) is 0 Å². The maximum atomic E-state index is 8.94. The SMILES string of the molecule is CCCNCc1cccnc1N(CC)CCCO. The third-order valence-corrected chi connectivity index (χ3v) is 2.88. The molecule has 1 aromatic heterocycles. The van der Waals surface area contributed by atoms with Crippen LogP contribution in [0.4, 0.5) is 5.82 Å². The Bertz CT molecular complexity index is 331. The normalized spacial score (nSPS) is 10.6.